The number of hydrogen-bond donors (Lipinski definition) is 0. The Kier molecular flexibility index (Phi) is 2.21. The molecule has 2 aromatic heterocycles. The third kappa shape index (κ3) is 1.66. The summed E-state index contributed by atoms with van der Waals surface area (Å²) in [4.78, 5) is 8.91. The Hall–Kier alpha value is -2.23. The van der Waals surface area contributed by atoms with Crippen LogP contribution in [-0.2, 0) is 5.41 Å². The summed E-state index contributed by atoms with van der Waals surface area (Å²) < 4.78 is 1.98. The van der Waals surface area contributed by atoms with Crippen LogP contribution < -0.4 is 0 Å². The molecule has 0 radical (unpaired) electrons. The minimum Gasteiger partial charge on any atom is -0.241 e. The molecule has 2 heterocycles. The van der Waals surface area contributed by atoms with Gasteiger partial charge >= 0.3 is 0 Å². The third-order valence-electron chi connectivity index (χ3n) is 6.69. The first kappa shape index (κ1) is 13.1. The highest BCUT2D eigenvalue weighted by Gasteiger charge is 2.71. The summed E-state index contributed by atoms with van der Waals surface area (Å²) >= 11 is 0. The van der Waals surface area contributed by atoms with Crippen LogP contribution in [0.1, 0.15) is 56.2 Å². The van der Waals surface area contributed by atoms with E-state index in [0.717, 1.165) is 17.0 Å². The van der Waals surface area contributed by atoms with Crippen molar-refractivity contribution in [3.63, 3.8) is 0 Å². The molecule has 4 heteroatoms. The number of aromatic nitrogens is 4. The molecule has 0 aliphatic heterocycles. The SMILES string of the molecule is C[C@@]1(c2ccc3cnn(-c4cc(C5CC5)ncn4)c3c2)CC12CC2. The van der Waals surface area contributed by atoms with E-state index in [-0.39, 0.29) is 0 Å². The highest BCUT2D eigenvalue weighted by atomic mass is 15.3. The molecule has 1 spiro atoms. The summed E-state index contributed by atoms with van der Waals surface area (Å²) in [7, 11) is 0. The van der Waals surface area contributed by atoms with Crippen molar-refractivity contribution in [1.29, 1.82) is 0 Å². The van der Waals surface area contributed by atoms with Gasteiger partial charge in [0.2, 0.25) is 0 Å². The van der Waals surface area contributed by atoms with E-state index < -0.39 is 0 Å². The lowest BCUT2D eigenvalue weighted by Gasteiger charge is -2.12. The average molecular weight is 316 g/mol. The fourth-order valence-electron chi connectivity index (χ4n) is 4.54. The van der Waals surface area contributed by atoms with Crippen LogP contribution in [0.2, 0.25) is 0 Å². The molecular formula is C20H20N4. The number of nitrogens with zero attached hydrogens (tertiary/aromatic N) is 4. The fraction of sp³-hybridized carbons (Fsp3) is 0.450. The van der Waals surface area contributed by atoms with Gasteiger partial charge in [0.05, 0.1) is 11.7 Å². The Bertz CT molecular complexity index is 980. The molecule has 0 amide bonds. The smallest absolute Gasteiger partial charge is 0.157 e. The molecule has 3 aliphatic carbocycles. The largest absolute Gasteiger partial charge is 0.241 e. The molecule has 0 saturated heterocycles. The fourth-order valence-corrected chi connectivity index (χ4v) is 4.54. The minimum absolute atomic E-state index is 0.376. The van der Waals surface area contributed by atoms with Gasteiger partial charge in [0.15, 0.2) is 5.82 Å². The zero-order valence-electron chi connectivity index (χ0n) is 13.9. The van der Waals surface area contributed by atoms with E-state index in [1.807, 2.05) is 10.9 Å². The summed E-state index contributed by atoms with van der Waals surface area (Å²) in [6.07, 6.45) is 10.3. The highest BCUT2D eigenvalue weighted by Crippen LogP contribution is 2.78. The molecule has 6 rings (SSSR count). The van der Waals surface area contributed by atoms with Crippen LogP contribution in [0.25, 0.3) is 16.7 Å². The second kappa shape index (κ2) is 4.05. The number of fused-ring (bicyclic) bond motifs is 1. The van der Waals surface area contributed by atoms with Gasteiger partial charge < -0.3 is 0 Å². The van der Waals surface area contributed by atoms with Crippen LogP contribution in [0.5, 0.6) is 0 Å². The van der Waals surface area contributed by atoms with Gasteiger partial charge in [-0.15, -0.1) is 0 Å². The molecule has 1 aromatic carbocycles. The van der Waals surface area contributed by atoms with Gasteiger partial charge in [0.1, 0.15) is 6.33 Å². The maximum Gasteiger partial charge on any atom is 0.157 e. The zero-order chi connectivity index (χ0) is 15.9. The minimum atomic E-state index is 0.376. The van der Waals surface area contributed by atoms with Crippen LogP contribution in [-0.4, -0.2) is 19.7 Å². The second-order valence-corrected chi connectivity index (χ2v) is 8.19. The van der Waals surface area contributed by atoms with Crippen molar-refractivity contribution < 1.29 is 0 Å². The number of rotatable bonds is 3. The molecule has 1 atom stereocenters. The van der Waals surface area contributed by atoms with Crippen LogP contribution >= 0.6 is 0 Å². The Morgan fingerprint density at radius 1 is 1.12 bits per heavy atom. The normalized spacial score (nSPS) is 26.9. The van der Waals surface area contributed by atoms with E-state index in [1.165, 1.54) is 43.1 Å². The predicted octanol–water partition coefficient (Wildman–Crippen LogP) is 4.13. The van der Waals surface area contributed by atoms with E-state index in [0.29, 0.717) is 16.7 Å². The Balaban J connectivity index is 1.48. The van der Waals surface area contributed by atoms with Gasteiger partial charge in [-0.05, 0) is 54.6 Å². The molecule has 0 bridgehead atoms. The molecule has 120 valence electrons. The Morgan fingerprint density at radius 3 is 2.75 bits per heavy atom. The van der Waals surface area contributed by atoms with Crippen molar-refractivity contribution in [2.24, 2.45) is 5.41 Å². The maximum atomic E-state index is 4.61. The maximum absolute atomic E-state index is 4.61. The lowest BCUT2D eigenvalue weighted by Crippen LogP contribution is -2.06. The molecule has 3 aromatic rings. The van der Waals surface area contributed by atoms with E-state index in [1.54, 1.807) is 6.33 Å². The van der Waals surface area contributed by atoms with Gasteiger partial charge in [0.25, 0.3) is 0 Å². The summed E-state index contributed by atoms with van der Waals surface area (Å²) in [6, 6.07) is 8.97. The van der Waals surface area contributed by atoms with E-state index >= 15 is 0 Å². The molecule has 4 nitrogen and oxygen atoms in total. The van der Waals surface area contributed by atoms with Gasteiger partial charge in [0, 0.05) is 23.1 Å². The second-order valence-electron chi connectivity index (χ2n) is 8.19. The average Bonchev–Trinajstić information content (AvgIpc) is 3.52. The zero-order valence-corrected chi connectivity index (χ0v) is 13.9. The Labute approximate surface area is 140 Å². The first-order valence-electron chi connectivity index (χ1n) is 8.99. The molecule has 3 saturated carbocycles. The first-order valence-corrected chi connectivity index (χ1v) is 8.99. The van der Waals surface area contributed by atoms with Crippen molar-refractivity contribution in [3.8, 4) is 5.82 Å². The van der Waals surface area contributed by atoms with Crippen LogP contribution in [0.4, 0.5) is 0 Å². The highest BCUT2D eigenvalue weighted by molar-refractivity contribution is 5.81. The van der Waals surface area contributed by atoms with Gasteiger partial charge in [-0.2, -0.15) is 5.10 Å². The van der Waals surface area contributed by atoms with Crippen LogP contribution in [0.15, 0.2) is 36.8 Å². The van der Waals surface area contributed by atoms with E-state index in [2.05, 4.69) is 46.3 Å². The van der Waals surface area contributed by atoms with Crippen molar-refractivity contribution in [2.75, 3.05) is 0 Å². The summed E-state index contributed by atoms with van der Waals surface area (Å²) in [5.41, 5.74) is 4.79. The van der Waals surface area contributed by atoms with Gasteiger partial charge in [-0.1, -0.05) is 19.1 Å². The molecule has 3 aliphatic rings. The molecular weight excluding hydrogens is 296 g/mol. The molecule has 0 unspecified atom stereocenters. The summed E-state index contributed by atoms with van der Waals surface area (Å²) in [6.45, 7) is 2.43. The quantitative estimate of drug-likeness (QED) is 0.729. The first-order chi connectivity index (χ1) is 11.7. The summed E-state index contributed by atoms with van der Waals surface area (Å²) in [5, 5.41) is 5.79. The van der Waals surface area contributed by atoms with E-state index in [9.17, 15) is 0 Å². The number of benzene rings is 1. The van der Waals surface area contributed by atoms with Crippen molar-refractivity contribution >= 4 is 10.9 Å². The van der Waals surface area contributed by atoms with Gasteiger partial charge in [-0.25, -0.2) is 14.6 Å². The van der Waals surface area contributed by atoms with Crippen molar-refractivity contribution in [2.45, 2.75) is 50.4 Å². The lowest BCUT2D eigenvalue weighted by molar-refractivity contribution is 0.660. The van der Waals surface area contributed by atoms with Gasteiger partial charge in [-0.3, -0.25) is 0 Å². The standard InChI is InChI=1S/C20H20N4/c1-19(11-20(19)6-7-20)15-5-4-14-10-23-24(17(14)8-15)18-9-16(13-2-3-13)21-12-22-18/h4-5,8-10,12-13H,2-3,6-7,11H2,1H3/t19-/m0/s1. The van der Waals surface area contributed by atoms with Crippen molar-refractivity contribution in [3.05, 3.63) is 48.0 Å². The topological polar surface area (TPSA) is 43.6 Å². The Morgan fingerprint density at radius 2 is 2.00 bits per heavy atom. The predicted molar refractivity (Wildman–Crippen MR) is 92.3 cm³/mol. The number of hydrogen-bond acceptors (Lipinski definition) is 3. The van der Waals surface area contributed by atoms with E-state index in [4.69, 9.17) is 0 Å². The lowest BCUT2D eigenvalue weighted by atomic mass is 9.93. The van der Waals surface area contributed by atoms with Crippen molar-refractivity contribution in [1.82, 2.24) is 19.7 Å². The molecule has 3 fully saturated rings. The van der Waals surface area contributed by atoms with Crippen LogP contribution in [0.3, 0.4) is 0 Å². The molecule has 0 N–H and O–H groups in total. The van der Waals surface area contributed by atoms with Crippen LogP contribution in [0, 0.1) is 5.41 Å². The monoisotopic (exact) mass is 316 g/mol. The third-order valence-corrected chi connectivity index (χ3v) is 6.69. The molecule has 24 heavy (non-hydrogen) atoms. The summed E-state index contributed by atoms with van der Waals surface area (Å²) in [5.74, 6) is 1.52.